The lowest BCUT2D eigenvalue weighted by Gasteiger charge is -2.23. The summed E-state index contributed by atoms with van der Waals surface area (Å²) in [6, 6.07) is 18.3. The Hall–Kier alpha value is -2.17. The maximum Gasteiger partial charge on any atom is 0.187 e. The van der Waals surface area contributed by atoms with Crippen LogP contribution in [0.25, 0.3) is 0 Å². The van der Waals surface area contributed by atoms with Crippen molar-refractivity contribution in [2.45, 2.75) is 18.6 Å². The summed E-state index contributed by atoms with van der Waals surface area (Å²) in [6.45, 7) is -0.0953. The Kier molecular flexibility index (Phi) is 3.99. The maximum absolute atomic E-state index is 12.7. The summed E-state index contributed by atoms with van der Waals surface area (Å²) in [5.41, 5.74) is 1.48. The van der Waals surface area contributed by atoms with Crippen molar-refractivity contribution in [1.82, 2.24) is 0 Å². The topological polar surface area (TPSA) is 49.8 Å². The van der Waals surface area contributed by atoms with Crippen molar-refractivity contribution in [3.8, 4) is 0 Å². The van der Waals surface area contributed by atoms with E-state index in [2.05, 4.69) is 0 Å². The molecule has 0 spiro atoms. The van der Waals surface area contributed by atoms with E-state index in [4.69, 9.17) is 4.84 Å². The monoisotopic (exact) mass is 283 g/mol. The Morgan fingerprint density at radius 2 is 1.71 bits per heavy atom. The van der Waals surface area contributed by atoms with Gasteiger partial charge in [-0.05, 0) is 12.1 Å². The zero-order valence-electron chi connectivity index (χ0n) is 11.6. The van der Waals surface area contributed by atoms with Gasteiger partial charge in [-0.1, -0.05) is 48.5 Å². The molecule has 4 nitrogen and oxygen atoms in total. The minimum atomic E-state index is -0.410. The standard InChI is InChI=1S/C17H17NO3/c19-12-15-11-16(17(20)13-7-3-1-4-8-13)18(21-15)14-9-5-2-6-10-14/h1-10,15-16,19H,11-12H2/t15-,16+/m1/s1. The Morgan fingerprint density at radius 1 is 1.10 bits per heavy atom. The third-order valence-corrected chi connectivity index (χ3v) is 3.61. The summed E-state index contributed by atoms with van der Waals surface area (Å²) in [5, 5.41) is 11.0. The molecular weight excluding hydrogens is 266 g/mol. The summed E-state index contributed by atoms with van der Waals surface area (Å²) in [4.78, 5) is 18.4. The molecule has 4 heteroatoms. The van der Waals surface area contributed by atoms with E-state index in [1.165, 1.54) is 0 Å². The molecule has 0 radical (unpaired) electrons. The van der Waals surface area contributed by atoms with Crippen LogP contribution < -0.4 is 5.06 Å². The van der Waals surface area contributed by atoms with Gasteiger partial charge in [0, 0.05) is 12.0 Å². The summed E-state index contributed by atoms with van der Waals surface area (Å²) >= 11 is 0. The smallest absolute Gasteiger partial charge is 0.187 e. The van der Waals surface area contributed by atoms with E-state index >= 15 is 0 Å². The number of carbonyl (C=O) groups excluding carboxylic acids is 1. The molecule has 21 heavy (non-hydrogen) atoms. The number of hydrogen-bond acceptors (Lipinski definition) is 4. The number of rotatable bonds is 4. The zero-order valence-corrected chi connectivity index (χ0v) is 11.6. The van der Waals surface area contributed by atoms with E-state index in [1.54, 1.807) is 17.2 Å². The second-order valence-corrected chi connectivity index (χ2v) is 5.05. The number of Topliss-reactive ketones (excluding diaryl/α,β-unsaturated/α-hetero) is 1. The average Bonchev–Trinajstić information content (AvgIpc) is 3.00. The number of ketones is 1. The third kappa shape index (κ3) is 2.82. The highest BCUT2D eigenvalue weighted by molar-refractivity contribution is 6.01. The molecule has 1 heterocycles. The largest absolute Gasteiger partial charge is 0.394 e. The highest BCUT2D eigenvalue weighted by Crippen LogP contribution is 2.29. The zero-order chi connectivity index (χ0) is 14.7. The molecule has 0 amide bonds. The van der Waals surface area contributed by atoms with Crippen molar-refractivity contribution in [2.75, 3.05) is 11.7 Å². The maximum atomic E-state index is 12.7. The molecule has 0 bridgehead atoms. The predicted octanol–water partition coefficient (Wildman–Crippen LogP) is 2.44. The van der Waals surface area contributed by atoms with E-state index in [0.29, 0.717) is 12.0 Å². The van der Waals surface area contributed by atoms with Crippen LogP contribution in [-0.4, -0.2) is 29.6 Å². The van der Waals surface area contributed by atoms with E-state index in [0.717, 1.165) is 5.69 Å². The summed E-state index contributed by atoms with van der Waals surface area (Å²) in [6.07, 6.45) is 0.141. The molecule has 2 aromatic rings. The summed E-state index contributed by atoms with van der Waals surface area (Å²) in [5.74, 6) is 0.00963. The molecule has 3 rings (SSSR count). The van der Waals surface area contributed by atoms with E-state index in [1.807, 2.05) is 48.5 Å². The number of para-hydroxylation sites is 1. The molecule has 2 aromatic carbocycles. The number of aliphatic hydroxyl groups excluding tert-OH is 1. The van der Waals surface area contributed by atoms with E-state index < -0.39 is 6.04 Å². The fourth-order valence-corrected chi connectivity index (χ4v) is 2.55. The van der Waals surface area contributed by atoms with Gasteiger partial charge in [0.15, 0.2) is 5.78 Å². The van der Waals surface area contributed by atoms with Crippen LogP contribution in [-0.2, 0) is 4.84 Å². The Balaban J connectivity index is 1.89. The third-order valence-electron chi connectivity index (χ3n) is 3.61. The molecule has 1 aliphatic rings. The lowest BCUT2D eigenvalue weighted by Crippen LogP contribution is -2.35. The highest BCUT2D eigenvalue weighted by Gasteiger charge is 2.38. The Labute approximate surface area is 123 Å². The molecule has 1 N–H and O–H groups in total. The number of anilines is 1. The highest BCUT2D eigenvalue weighted by atomic mass is 16.7. The van der Waals surface area contributed by atoms with Crippen molar-refractivity contribution in [2.24, 2.45) is 0 Å². The van der Waals surface area contributed by atoms with Gasteiger partial charge in [-0.2, -0.15) is 0 Å². The molecule has 0 aliphatic carbocycles. The first kappa shape index (κ1) is 13.8. The average molecular weight is 283 g/mol. The number of nitrogens with zero attached hydrogens (tertiary/aromatic N) is 1. The molecular formula is C17H17NO3. The molecule has 1 saturated heterocycles. The van der Waals surface area contributed by atoms with Gasteiger partial charge >= 0.3 is 0 Å². The lowest BCUT2D eigenvalue weighted by atomic mass is 10.00. The molecule has 108 valence electrons. The van der Waals surface area contributed by atoms with Crippen LogP contribution in [0.4, 0.5) is 5.69 Å². The summed E-state index contributed by atoms with van der Waals surface area (Å²) in [7, 11) is 0. The second kappa shape index (κ2) is 6.08. The van der Waals surface area contributed by atoms with Gasteiger partial charge in [-0.15, -0.1) is 0 Å². The molecule has 0 saturated carbocycles. The second-order valence-electron chi connectivity index (χ2n) is 5.05. The first-order chi connectivity index (χ1) is 10.3. The molecule has 0 aromatic heterocycles. The molecule has 2 atom stereocenters. The molecule has 1 fully saturated rings. The lowest BCUT2D eigenvalue weighted by molar-refractivity contribution is 0.0403. The van der Waals surface area contributed by atoms with Crippen molar-refractivity contribution < 1.29 is 14.7 Å². The van der Waals surface area contributed by atoms with Gasteiger partial charge in [0.2, 0.25) is 0 Å². The Bertz CT molecular complexity index is 600. The van der Waals surface area contributed by atoms with Crippen molar-refractivity contribution in [1.29, 1.82) is 0 Å². The Morgan fingerprint density at radius 3 is 2.33 bits per heavy atom. The van der Waals surface area contributed by atoms with Crippen LogP contribution in [0.3, 0.4) is 0 Å². The van der Waals surface area contributed by atoms with Crippen LogP contribution in [0.1, 0.15) is 16.8 Å². The van der Waals surface area contributed by atoms with Crippen molar-refractivity contribution in [3.63, 3.8) is 0 Å². The van der Waals surface area contributed by atoms with E-state index in [9.17, 15) is 9.90 Å². The van der Waals surface area contributed by atoms with Gasteiger partial charge < -0.3 is 5.11 Å². The number of aliphatic hydroxyl groups is 1. The van der Waals surface area contributed by atoms with Crippen molar-refractivity contribution in [3.05, 3.63) is 66.2 Å². The van der Waals surface area contributed by atoms with E-state index in [-0.39, 0.29) is 18.5 Å². The number of hydrogen-bond donors (Lipinski definition) is 1. The van der Waals surface area contributed by atoms with Gasteiger partial charge in [0.25, 0.3) is 0 Å². The fourth-order valence-electron chi connectivity index (χ4n) is 2.55. The number of hydroxylamine groups is 1. The summed E-state index contributed by atoms with van der Waals surface area (Å²) < 4.78 is 0. The number of benzene rings is 2. The van der Waals surface area contributed by atoms with Crippen LogP contribution in [0.15, 0.2) is 60.7 Å². The van der Waals surface area contributed by atoms with Gasteiger partial charge in [0.1, 0.15) is 12.1 Å². The molecule has 1 aliphatic heterocycles. The molecule has 0 unspecified atom stereocenters. The van der Waals surface area contributed by atoms with Gasteiger partial charge in [0.05, 0.1) is 12.3 Å². The first-order valence-corrected chi connectivity index (χ1v) is 7.01. The number of carbonyl (C=O) groups is 1. The van der Waals surface area contributed by atoms with Crippen LogP contribution >= 0.6 is 0 Å². The fraction of sp³-hybridized carbons (Fsp3) is 0.235. The SMILES string of the molecule is O=C(c1ccccc1)[C@@H]1C[C@H](CO)ON1c1ccccc1. The van der Waals surface area contributed by atoms with Gasteiger partial charge in [-0.3, -0.25) is 9.63 Å². The van der Waals surface area contributed by atoms with Gasteiger partial charge in [-0.25, -0.2) is 5.06 Å². The van der Waals surface area contributed by atoms with Crippen molar-refractivity contribution >= 4 is 11.5 Å². The first-order valence-electron chi connectivity index (χ1n) is 7.01. The van der Waals surface area contributed by atoms with Crippen LogP contribution in [0.5, 0.6) is 0 Å². The minimum Gasteiger partial charge on any atom is -0.394 e. The van der Waals surface area contributed by atoms with Crippen LogP contribution in [0, 0.1) is 0 Å². The van der Waals surface area contributed by atoms with Crippen LogP contribution in [0.2, 0.25) is 0 Å². The predicted molar refractivity (Wildman–Crippen MR) is 80.1 cm³/mol. The quantitative estimate of drug-likeness (QED) is 0.876. The minimum absolute atomic E-state index is 0.00963. The normalized spacial score (nSPS) is 21.5.